The molecule has 25 heavy (non-hydrogen) atoms. The molecule has 1 unspecified atom stereocenters. The van der Waals surface area contributed by atoms with Gasteiger partial charge in [0, 0.05) is 12.1 Å². The number of benzene rings is 1. The van der Waals surface area contributed by atoms with Crippen LogP contribution < -0.4 is 4.90 Å². The predicted molar refractivity (Wildman–Crippen MR) is 89.5 cm³/mol. The lowest BCUT2D eigenvalue weighted by Crippen LogP contribution is -2.30. The lowest BCUT2D eigenvalue weighted by Gasteiger charge is -2.25. The highest BCUT2D eigenvalue weighted by atomic mass is 19.1. The smallest absolute Gasteiger partial charge is 0.294 e. The highest BCUT2D eigenvalue weighted by Crippen LogP contribution is 2.41. The molecule has 0 bridgehead atoms. The van der Waals surface area contributed by atoms with Gasteiger partial charge in [-0.05, 0) is 42.3 Å². The maximum Gasteiger partial charge on any atom is 0.294 e. The molecule has 2 heterocycles. The van der Waals surface area contributed by atoms with Gasteiger partial charge < -0.3 is 9.52 Å². The van der Waals surface area contributed by atoms with Crippen LogP contribution in [0.15, 0.2) is 58.4 Å². The van der Waals surface area contributed by atoms with Gasteiger partial charge in [-0.15, -0.1) is 0 Å². The molecule has 3 rings (SSSR count). The van der Waals surface area contributed by atoms with E-state index in [2.05, 4.69) is 0 Å². The molecule has 2 aromatic rings. The summed E-state index contributed by atoms with van der Waals surface area (Å²) in [6.45, 7) is 3.76. The van der Waals surface area contributed by atoms with E-state index in [1.807, 2.05) is 13.8 Å². The third-order valence-corrected chi connectivity index (χ3v) is 4.02. The number of Topliss-reactive ketones (excluding diaryl/α,β-unsaturated/α-hetero) is 1. The topological polar surface area (TPSA) is 70.8 Å². The van der Waals surface area contributed by atoms with Crippen molar-refractivity contribution in [3.63, 3.8) is 0 Å². The van der Waals surface area contributed by atoms with E-state index in [0.717, 1.165) is 0 Å². The Bertz CT molecular complexity index is 822. The van der Waals surface area contributed by atoms with Gasteiger partial charge in [0.1, 0.15) is 17.6 Å². The van der Waals surface area contributed by atoms with Gasteiger partial charge in [-0.25, -0.2) is 4.39 Å². The molecule has 1 aromatic carbocycles. The summed E-state index contributed by atoms with van der Waals surface area (Å²) in [6.07, 6.45) is 1.63. The standard InChI is InChI=1S/C19H18FNO4/c1-11(2)10-14(22)16-17(15-4-3-9-25-15)21(19(24)18(16)23)13-7-5-12(20)6-8-13/h3-9,11,17,23H,10H2,1-2H3. The van der Waals surface area contributed by atoms with E-state index >= 15 is 0 Å². The van der Waals surface area contributed by atoms with Crippen molar-refractivity contribution in [2.75, 3.05) is 4.90 Å². The van der Waals surface area contributed by atoms with E-state index < -0.39 is 23.5 Å². The molecule has 0 saturated heterocycles. The molecule has 5 nitrogen and oxygen atoms in total. The third-order valence-electron chi connectivity index (χ3n) is 4.02. The van der Waals surface area contributed by atoms with Gasteiger partial charge in [0.05, 0.1) is 11.8 Å². The number of anilines is 1. The first-order valence-electron chi connectivity index (χ1n) is 7.99. The Labute approximate surface area is 144 Å². The summed E-state index contributed by atoms with van der Waals surface area (Å²) in [7, 11) is 0. The summed E-state index contributed by atoms with van der Waals surface area (Å²) in [5.41, 5.74) is 0.379. The number of rotatable bonds is 5. The van der Waals surface area contributed by atoms with Gasteiger partial charge in [0.2, 0.25) is 0 Å². The second kappa shape index (κ2) is 6.55. The van der Waals surface area contributed by atoms with Crippen LogP contribution in [0.1, 0.15) is 32.1 Å². The highest BCUT2D eigenvalue weighted by molar-refractivity contribution is 6.16. The minimum atomic E-state index is -0.876. The minimum absolute atomic E-state index is 0.0120. The van der Waals surface area contributed by atoms with Crippen LogP contribution in [-0.4, -0.2) is 16.8 Å². The number of hydrogen-bond acceptors (Lipinski definition) is 4. The number of nitrogens with zero attached hydrogens (tertiary/aromatic N) is 1. The molecule has 1 amide bonds. The summed E-state index contributed by atoms with van der Waals surface area (Å²) < 4.78 is 18.6. The van der Waals surface area contributed by atoms with Crippen LogP contribution in [0.2, 0.25) is 0 Å². The summed E-state index contributed by atoms with van der Waals surface area (Å²) in [5, 5.41) is 10.3. The van der Waals surface area contributed by atoms with Crippen LogP contribution in [0.4, 0.5) is 10.1 Å². The molecule has 130 valence electrons. The van der Waals surface area contributed by atoms with Crippen molar-refractivity contribution < 1.29 is 23.5 Å². The summed E-state index contributed by atoms with van der Waals surface area (Å²) in [6, 6.07) is 7.68. The van der Waals surface area contributed by atoms with Crippen LogP contribution >= 0.6 is 0 Å². The molecule has 1 aromatic heterocycles. The fourth-order valence-electron chi connectivity index (χ4n) is 2.95. The molecular weight excluding hydrogens is 325 g/mol. The average molecular weight is 343 g/mol. The minimum Gasteiger partial charge on any atom is -0.503 e. The van der Waals surface area contributed by atoms with Crippen LogP contribution in [0.3, 0.4) is 0 Å². The average Bonchev–Trinajstić information content (AvgIpc) is 3.16. The molecule has 0 radical (unpaired) electrons. The highest BCUT2D eigenvalue weighted by Gasteiger charge is 2.45. The van der Waals surface area contributed by atoms with Crippen molar-refractivity contribution >= 4 is 17.4 Å². The predicted octanol–water partition coefficient (Wildman–Crippen LogP) is 3.93. The number of aliphatic hydroxyl groups is 1. The van der Waals surface area contributed by atoms with Crippen molar-refractivity contribution in [2.45, 2.75) is 26.3 Å². The summed E-state index contributed by atoms with van der Waals surface area (Å²) in [5.74, 6) is -1.63. The van der Waals surface area contributed by atoms with Crippen LogP contribution in [-0.2, 0) is 9.59 Å². The van der Waals surface area contributed by atoms with Crippen molar-refractivity contribution in [3.8, 4) is 0 Å². The Morgan fingerprint density at radius 1 is 1.28 bits per heavy atom. The van der Waals surface area contributed by atoms with Gasteiger partial charge in [0.25, 0.3) is 5.91 Å². The van der Waals surface area contributed by atoms with Crippen LogP contribution in [0, 0.1) is 11.7 Å². The van der Waals surface area contributed by atoms with Gasteiger partial charge in [-0.3, -0.25) is 14.5 Å². The number of carbonyl (C=O) groups is 2. The Morgan fingerprint density at radius 3 is 2.52 bits per heavy atom. The molecule has 0 fully saturated rings. The summed E-state index contributed by atoms with van der Waals surface area (Å²) in [4.78, 5) is 26.5. The first kappa shape index (κ1) is 17.0. The Kier molecular flexibility index (Phi) is 4.44. The number of hydrogen-bond donors (Lipinski definition) is 1. The van der Waals surface area contributed by atoms with Gasteiger partial charge >= 0.3 is 0 Å². The van der Waals surface area contributed by atoms with Gasteiger partial charge in [-0.2, -0.15) is 0 Å². The second-order valence-electron chi connectivity index (χ2n) is 6.35. The number of amides is 1. The van der Waals surface area contributed by atoms with Crippen molar-refractivity contribution in [3.05, 3.63) is 65.6 Å². The Balaban J connectivity index is 2.09. The molecule has 1 N–H and O–H groups in total. The molecular formula is C19H18FNO4. The SMILES string of the molecule is CC(C)CC(=O)C1=C(O)C(=O)N(c2ccc(F)cc2)C1c1ccco1. The monoisotopic (exact) mass is 343 g/mol. The number of halogens is 1. The van der Waals surface area contributed by atoms with E-state index in [1.165, 1.54) is 35.4 Å². The first-order valence-corrected chi connectivity index (χ1v) is 7.99. The van der Waals surface area contributed by atoms with Crippen molar-refractivity contribution in [1.29, 1.82) is 0 Å². The normalized spacial score (nSPS) is 17.7. The fourth-order valence-corrected chi connectivity index (χ4v) is 2.95. The quantitative estimate of drug-likeness (QED) is 0.893. The van der Waals surface area contributed by atoms with Crippen LogP contribution in [0.25, 0.3) is 0 Å². The van der Waals surface area contributed by atoms with E-state index in [9.17, 15) is 19.1 Å². The van der Waals surface area contributed by atoms with E-state index in [0.29, 0.717) is 11.4 Å². The molecule has 0 aliphatic carbocycles. The van der Waals surface area contributed by atoms with Gasteiger partial charge in [0.15, 0.2) is 11.5 Å². The Hall–Kier alpha value is -2.89. The number of ketones is 1. The van der Waals surface area contributed by atoms with E-state index in [4.69, 9.17) is 4.42 Å². The fraction of sp³-hybridized carbons (Fsp3) is 0.263. The van der Waals surface area contributed by atoms with Crippen LogP contribution in [0.5, 0.6) is 0 Å². The maximum absolute atomic E-state index is 13.2. The zero-order valence-electron chi connectivity index (χ0n) is 13.9. The lowest BCUT2D eigenvalue weighted by molar-refractivity contribution is -0.118. The second-order valence-corrected chi connectivity index (χ2v) is 6.35. The number of furan rings is 1. The maximum atomic E-state index is 13.2. The Morgan fingerprint density at radius 2 is 1.96 bits per heavy atom. The largest absolute Gasteiger partial charge is 0.503 e. The molecule has 0 spiro atoms. The molecule has 6 heteroatoms. The van der Waals surface area contributed by atoms with E-state index in [1.54, 1.807) is 12.1 Å². The number of aliphatic hydroxyl groups excluding tert-OH is 1. The zero-order chi connectivity index (χ0) is 18.1. The number of carbonyl (C=O) groups excluding carboxylic acids is 2. The molecule has 1 aliphatic rings. The molecule has 0 saturated carbocycles. The molecule has 1 aliphatic heterocycles. The lowest BCUT2D eigenvalue weighted by atomic mass is 9.95. The molecule has 1 atom stereocenters. The third kappa shape index (κ3) is 3.07. The summed E-state index contributed by atoms with van der Waals surface area (Å²) >= 11 is 0. The van der Waals surface area contributed by atoms with Crippen molar-refractivity contribution in [2.24, 2.45) is 5.92 Å². The van der Waals surface area contributed by atoms with E-state index in [-0.39, 0.29) is 23.7 Å². The van der Waals surface area contributed by atoms with Gasteiger partial charge in [-0.1, -0.05) is 13.8 Å². The zero-order valence-corrected chi connectivity index (χ0v) is 13.9. The van der Waals surface area contributed by atoms with Crippen molar-refractivity contribution in [1.82, 2.24) is 0 Å². The first-order chi connectivity index (χ1) is 11.9.